The minimum atomic E-state index is -0.648. The third-order valence-corrected chi connectivity index (χ3v) is 11.4. The number of ether oxygens (including phenoxy) is 2. The van der Waals surface area contributed by atoms with Crippen LogP contribution in [0.15, 0.2) is 35.9 Å². The fraction of sp³-hybridized carbons (Fsp3) is 0.714. The molecule has 0 spiro atoms. The van der Waals surface area contributed by atoms with Crippen molar-refractivity contribution in [3.63, 3.8) is 0 Å². The first-order chi connectivity index (χ1) is 18.7. The molecule has 0 heterocycles. The molecule has 1 aromatic rings. The van der Waals surface area contributed by atoms with E-state index in [2.05, 4.69) is 40.7 Å². The molecule has 0 N–H and O–H groups in total. The summed E-state index contributed by atoms with van der Waals surface area (Å²) in [6.45, 7) is 12.4. The number of hydrogen-bond donors (Lipinski definition) is 0. The minimum absolute atomic E-state index is 0.126. The Morgan fingerprint density at radius 3 is 2.56 bits per heavy atom. The lowest BCUT2D eigenvalue weighted by Crippen LogP contribution is -2.50. The summed E-state index contributed by atoms with van der Waals surface area (Å²) in [4.78, 5) is 23.4. The quantitative estimate of drug-likeness (QED) is 0.144. The summed E-state index contributed by atoms with van der Waals surface area (Å²) in [6, 6.07) is 6.54. The average Bonchev–Trinajstić information content (AvgIpc) is 3.36. The summed E-state index contributed by atoms with van der Waals surface area (Å²) in [5.41, 5.74) is 2.31. The van der Waals surface area contributed by atoms with Crippen molar-refractivity contribution in [1.82, 2.24) is 0 Å². The highest BCUT2D eigenvalue weighted by molar-refractivity contribution is 5.75. The Hall–Kier alpha value is -2.10. The van der Waals surface area contributed by atoms with E-state index in [-0.39, 0.29) is 11.5 Å². The summed E-state index contributed by atoms with van der Waals surface area (Å²) in [5, 5.41) is 0. The normalized spacial score (nSPS) is 36.3. The average molecular weight is 535 g/mol. The number of aldehydes is 1. The van der Waals surface area contributed by atoms with Crippen molar-refractivity contribution in [1.29, 1.82) is 0 Å². The molecule has 1 aromatic carbocycles. The van der Waals surface area contributed by atoms with E-state index in [0.717, 1.165) is 72.9 Å². The van der Waals surface area contributed by atoms with Crippen LogP contribution in [0.2, 0.25) is 0 Å². The van der Waals surface area contributed by atoms with E-state index >= 15 is 0 Å². The number of hydrogen-bond acceptors (Lipinski definition) is 4. The van der Waals surface area contributed by atoms with Crippen molar-refractivity contribution in [2.45, 2.75) is 105 Å². The third-order valence-electron chi connectivity index (χ3n) is 11.4. The Bertz CT molecular complexity index is 1040. The van der Waals surface area contributed by atoms with E-state index in [9.17, 15) is 9.59 Å². The Morgan fingerprint density at radius 2 is 1.85 bits per heavy atom. The van der Waals surface area contributed by atoms with Gasteiger partial charge in [0.2, 0.25) is 0 Å². The molecule has 39 heavy (non-hydrogen) atoms. The van der Waals surface area contributed by atoms with Gasteiger partial charge in [0.15, 0.2) is 0 Å². The Kier molecular flexibility index (Phi) is 8.59. The zero-order valence-electron chi connectivity index (χ0n) is 24.9. The highest BCUT2D eigenvalue weighted by Gasteiger charge is 2.56. The predicted molar refractivity (Wildman–Crippen MR) is 156 cm³/mol. The van der Waals surface area contributed by atoms with Crippen LogP contribution in [0, 0.1) is 52.8 Å². The maximum absolute atomic E-state index is 12.5. The van der Waals surface area contributed by atoms with Gasteiger partial charge >= 0.3 is 6.16 Å². The monoisotopic (exact) mass is 534 g/mol. The fourth-order valence-electron chi connectivity index (χ4n) is 9.45. The molecule has 5 rings (SSSR count). The van der Waals surface area contributed by atoms with Crippen LogP contribution in [0.3, 0.4) is 0 Å². The lowest BCUT2D eigenvalue weighted by Gasteiger charge is -2.57. The number of fused-ring (bicyclic) bond motifs is 5. The summed E-state index contributed by atoms with van der Waals surface area (Å²) in [6.07, 6.45) is 15.0. The van der Waals surface area contributed by atoms with Gasteiger partial charge in [-0.3, -0.25) is 4.79 Å². The molecule has 9 atom stereocenters. The van der Waals surface area contributed by atoms with Crippen molar-refractivity contribution >= 4 is 12.4 Å². The molecule has 3 saturated carbocycles. The molecule has 0 saturated heterocycles. The standard InChI is InChI=1S/C35H50O4/c1-22(2)7-6-8-23(3)29-15-16-31-30-14-11-26-20-28(17-18-35(26,5)32(30)19-24(4)33(29)31)39-34(37)38-27-12-9-25(21-36)10-13-27/h9-13,21-24,28-33H,6-8,14-20H2,1-5H3/t23-,24+,28+,29-,30-,31+,32+,33+,35-/m0/s1. The van der Waals surface area contributed by atoms with Gasteiger partial charge in [-0.05, 0) is 116 Å². The maximum atomic E-state index is 12.5. The second kappa shape index (κ2) is 11.8. The number of allylic oxidation sites excluding steroid dienone is 1. The first-order valence-corrected chi connectivity index (χ1v) is 15.8. The van der Waals surface area contributed by atoms with Crippen LogP contribution in [0.1, 0.15) is 109 Å². The molecular formula is C35H50O4. The van der Waals surface area contributed by atoms with Gasteiger partial charge in [-0.2, -0.15) is 0 Å². The van der Waals surface area contributed by atoms with Gasteiger partial charge in [0.1, 0.15) is 18.1 Å². The van der Waals surface area contributed by atoms with Gasteiger partial charge < -0.3 is 9.47 Å². The third kappa shape index (κ3) is 5.86. The number of benzene rings is 1. The molecule has 4 aliphatic carbocycles. The fourth-order valence-corrected chi connectivity index (χ4v) is 9.45. The van der Waals surface area contributed by atoms with E-state index < -0.39 is 6.16 Å². The first kappa shape index (κ1) is 28.4. The smallest absolute Gasteiger partial charge is 0.430 e. The molecule has 0 aliphatic heterocycles. The minimum Gasteiger partial charge on any atom is -0.430 e. The maximum Gasteiger partial charge on any atom is 0.514 e. The van der Waals surface area contributed by atoms with Crippen LogP contribution in [-0.4, -0.2) is 18.5 Å². The summed E-state index contributed by atoms with van der Waals surface area (Å²) in [5.74, 6) is 7.19. The zero-order chi connectivity index (χ0) is 27.7. The number of carbonyl (C=O) groups excluding carboxylic acids is 2. The number of carbonyl (C=O) groups is 2. The van der Waals surface area contributed by atoms with Gasteiger partial charge in [0, 0.05) is 12.0 Å². The van der Waals surface area contributed by atoms with Crippen molar-refractivity contribution < 1.29 is 19.1 Å². The van der Waals surface area contributed by atoms with Crippen molar-refractivity contribution in [2.24, 2.45) is 52.8 Å². The molecule has 4 aliphatic rings. The van der Waals surface area contributed by atoms with Crippen molar-refractivity contribution in [3.8, 4) is 5.75 Å². The molecule has 214 valence electrons. The summed E-state index contributed by atoms with van der Waals surface area (Å²) < 4.78 is 11.2. The lowest BCUT2D eigenvalue weighted by molar-refractivity contribution is -0.0448. The Balaban J connectivity index is 1.21. The SMILES string of the molecule is CC(C)CCC[C@H](C)[C@@H]1CC[C@@H]2[C@@H]3CC=C4C[C@H](OC(=O)Oc5ccc(C=O)cc5)CC[C@]4(C)[C@@H]3C[C@@H](C)[C@@H]21. The highest BCUT2D eigenvalue weighted by atomic mass is 16.7. The topological polar surface area (TPSA) is 52.6 Å². The predicted octanol–water partition coefficient (Wildman–Crippen LogP) is 9.28. The molecule has 0 unspecified atom stereocenters. The second-order valence-corrected chi connectivity index (χ2v) is 14.2. The highest BCUT2D eigenvalue weighted by Crippen LogP contribution is 2.64. The molecule has 0 aromatic heterocycles. The molecule has 3 fully saturated rings. The van der Waals surface area contributed by atoms with E-state index in [1.165, 1.54) is 50.5 Å². The largest absolute Gasteiger partial charge is 0.514 e. The first-order valence-electron chi connectivity index (χ1n) is 15.8. The summed E-state index contributed by atoms with van der Waals surface area (Å²) in [7, 11) is 0. The van der Waals surface area contributed by atoms with Gasteiger partial charge in [-0.1, -0.05) is 65.5 Å². The van der Waals surface area contributed by atoms with Crippen LogP contribution in [-0.2, 0) is 4.74 Å². The molecule has 0 amide bonds. The molecule has 0 bridgehead atoms. The van der Waals surface area contributed by atoms with E-state index in [1.54, 1.807) is 24.3 Å². The van der Waals surface area contributed by atoms with Gasteiger partial charge in [-0.15, -0.1) is 0 Å². The van der Waals surface area contributed by atoms with Crippen LogP contribution < -0.4 is 4.74 Å². The van der Waals surface area contributed by atoms with E-state index in [1.807, 2.05) is 0 Å². The van der Waals surface area contributed by atoms with Crippen molar-refractivity contribution in [3.05, 3.63) is 41.5 Å². The molecular weight excluding hydrogens is 484 g/mol. The molecule has 0 radical (unpaired) electrons. The van der Waals surface area contributed by atoms with E-state index in [0.29, 0.717) is 11.3 Å². The van der Waals surface area contributed by atoms with Gasteiger partial charge in [-0.25, -0.2) is 4.79 Å². The van der Waals surface area contributed by atoms with Crippen LogP contribution in [0.5, 0.6) is 5.75 Å². The Morgan fingerprint density at radius 1 is 1.08 bits per heavy atom. The van der Waals surface area contributed by atoms with Crippen LogP contribution >= 0.6 is 0 Å². The van der Waals surface area contributed by atoms with Gasteiger partial charge in [0.25, 0.3) is 0 Å². The number of rotatable bonds is 8. The molecule has 4 nitrogen and oxygen atoms in total. The zero-order valence-corrected chi connectivity index (χ0v) is 24.9. The van der Waals surface area contributed by atoms with Crippen LogP contribution in [0.4, 0.5) is 4.79 Å². The van der Waals surface area contributed by atoms with E-state index in [4.69, 9.17) is 9.47 Å². The van der Waals surface area contributed by atoms with Crippen LogP contribution in [0.25, 0.3) is 0 Å². The lowest BCUT2D eigenvalue weighted by atomic mass is 9.48. The Labute approximate surface area is 236 Å². The molecule has 4 heteroatoms. The second-order valence-electron chi connectivity index (χ2n) is 14.2. The summed E-state index contributed by atoms with van der Waals surface area (Å²) >= 11 is 0. The van der Waals surface area contributed by atoms with Crippen molar-refractivity contribution in [2.75, 3.05) is 0 Å². The van der Waals surface area contributed by atoms with Gasteiger partial charge in [0.05, 0.1) is 0 Å².